The lowest BCUT2D eigenvalue weighted by Gasteiger charge is -2.19. The molecule has 0 unspecified atom stereocenters. The summed E-state index contributed by atoms with van der Waals surface area (Å²) in [6, 6.07) is 22.8. The first-order valence-corrected chi connectivity index (χ1v) is 13.1. The van der Waals surface area contributed by atoms with Gasteiger partial charge in [0.1, 0.15) is 5.75 Å². The van der Waals surface area contributed by atoms with Gasteiger partial charge in [0.25, 0.3) is 0 Å². The Morgan fingerprint density at radius 2 is 1.41 bits per heavy atom. The minimum absolute atomic E-state index is 0.0770. The van der Waals surface area contributed by atoms with E-state index in [-0.39, 0.29) is 24.0 Å². The number of carbonyl (C=O) groups excluding carboxylic acids is 1. The van der Waals surface area contributed by atoms with Gasteiger partial charge in [-0.2, -0.15) is 0 Å². The van der Waals surface area contributed by atoms with Crippen LogP contribution in [0.3, 0.4) is 0 Å². The van der Waals surface area contributed by atoms with Crippen molar-refractivity contribution in [3.8, 4) is 28.3 Å². The lowest BCUT2D eigenvalue weighted by atomic mass is 9.86. The second kappa shape index (κ2) is 12.0. The van der Waals surface area contributed by atoms with E-state index in [1.54, 1.807) is 24.3 Å². The number of rotatable bonds is 10. The van der Waals surface area contributed by atoms with E-state index in [4.69, 9.17) is 4.74 Å². The first kappa shape index (κ1) is 27.7. The number of carboxylic acids is 1. The molecular weight excluding hydrogens is 488 g/mol. The van der Waals surface area contributed by atoms with Crippen molar-refractivity contribution in [3.63, 3.8) is 0 Å². The Balaban J connectivity index is 1.40. The number of carbonyl (C=O) groups is 2. The second-order valence-electron chi connectivity index (χ2n) is 10.6. The summed E-state index contributed by atoms with van der Waals surface area (Å²) in [7, 11) is 0. The molecule has 0 aliphatic heterocycles. The van der Waals surface area contributed by atoms with Crippen molar-refractivity contribution in [2.75, 3.05) is 6.61 Å². The molecule has 0 fully saturated rings. The van der Waals surface area contributed by atoms with Crippen LogP contribution >= 0.6 is 0 Å². The molecule has 200 valence electrons. The lowest BCUT2D eigenvalue weighted by molar-refractivity contribution is -0.141. The van der Waals surface area contributed by atoms with Crippen molar-refractivity contribution in [1.29, 1.82) is 0 Å². The lowest BCUT2D eigenvalue weighted by Crippen LogP contribution is -2.20. The maximum atomic E-state index is 12.7. The van der Waals surface area contributed by atoms with Crippen LogP contribution in [0.1, 0.15) is 55.6 Å². The Labute approximate surface area is 229 Å². The number of ketones is 1. The Hall–Kier alpha value is -4.32. The second-order valence-corrected chi connectivity index (χ2v) is 10.6. The van der Waals surface area contributed by atoms with Gasteiger partial charge in [-0.15, -0.1) is 0 Å². The van der Waals surface area contributed by atoms with Crippen LogP contribution in [0.2, 0.25) is 0 Å². The molecule has 0 spiro atoms. The summed E-state index contributed by atoms with van der Waals surface area (Å²) in [6.45, 7) is 9.00. The molecule has 0 amide bonds. The smallest absolute Gasteiger partial charge is 0.307 e. The normalized spacial score (nSPS) is 12.1. The van der Waals surface area contributed by atoms with E-state index in [2.05, 4.69) is 55.0 Å². The average Bonchev–Trinajstić information content (AvgIpc) is 2.93. The number of aliphatic carboxylic acids is 1. The van der Waals surface area contributed by atoms with Crippen molar-refractivity contribution in [2.45, 2.75) is 46.0 Å². The van der Waals surface area contributed by atoms with E-state index in [1.807, 2.05) is 43.6 Å². The zero-order chi connectivity index (χ0) is 28.0. The molecule has 1 atom stereocenters. The van der Waals surface area contributed by atoms with E-state index in [9.17, 15) is 14.7 Å². The van der Waals surface area contributed by atoms with E-state index < -0.39 is 11.9 Å². The number of ether oxygens (including phenoxy) is 1. The summed E-state index contributed by atoms with van der Waals surface area (Å²) in [4.78, 5) is 33.7. The molecule has 0 bridgehead atoms. The summed E-state index contributed by atoms with van der Waals surface area (Å²) >= 11 is 0. The van der Waals surface area contributed by atoms with Gasteiger partial charge in [0.05, 0.1) is 12.5 Å². The molecule has 0 saturated heterocycles. The predicted octanol–water partition coefficient (Wildman–Crippen LogP) is 7.02. The van der Waals surface area contributed by atoms with E-state index >= 15 is 0 Å². The van der Waals surface area contributed by atoms with Gasteiger partial charge in [-0.25, -0.2) is 9.97 Å². The van der Waals surface area contributed by atoms with Crippen molar-refractivity contribution in [2.24, 2.45) is 5.92 Å². The minimum Gasteiger partial charge on any atom is -0.494 e. The van der Waals surface area contributed by atoms with Gasteiger partial charge in [0.15, 0.2) is 11.6 Å². The maximum absolute atomic E-state index is 12.7. The Kier molecular flexibility index (Phi) is 8.55. The molecule has 6 nitrogen and oxygen atoms in total. The van der Waals surface area contributed by atoms with Crippen LogP contribution in [0.4, 0.5) is 0 Å². The number of nitrogens with zero attached hydrogens (tertiary/aromatic N) is 2. The number of Topliss-reactive ketones (excluding diaryl/α,β-unsaturated/α-hetero) is 1. The van der Waals surface area contributed by atoms with Gasteiger partial charge in [-0.05, 0) is 59.7 Å². The van der Waals surface area contributed by atoms with E-state index in [1.165, 1.54) is 5.56 Å². The summed E-state index contributed by atoms with van der Waals surface area (Å²) in [5.74, 6) is -0.749. The highest BCUT2D eigenvalue weighted by Crippen LogP contribution is 2.27. The number of aromatic nitrogens is 2. The zero-order valence-electron chi connectivity index (χ0n) is 22.8. The highest BCUT2D eigenvalue weighted by molar-refractivity contribution is 5.98. The maximum Gasteiger partial charge on any atom is 0.307 e. The van der Waals surface area contributed by atoms with Crippen LogP contribution in [0.5, 0.6) is 5.75 Å². The number of carboxylic acid groups (broad SMARTS) is 1. The minimum atomic E-state index is -0.993. The van der Waals surface area contributed by atoms with Crippen molar-refractivity contribution in [3.05, 3.63) is 102 Å². The number of hydrogen-bond donors (Lipinski definition) is 1. The number of benzene rings is 3. The summed E-state index contributed by atoms with van der Waals surface area (Å²) < 4.78 is 5.41. The predicted molar refractivity (Wildman–Crippen MR) is 153 cm³/mol. The Bertz CT molecular complexity index is 1400. The third kappa shape index (κ3) is 7.17. The van der Waals surface area contributed by atoms with E-state index in [0.717, 1.165) is 22.3 Å². The van der Waals surface area contributed by atoms with Crippen molar-refractivity contribution in [1.82, 2.24) is 9.97 Å². The number of hydrogen-bond acceptors (Lipinski definition) is 5. The highest BCUT2D eigenvalue weighted by atomic mass is 16.5. The Morgan fingerprint density at radius 1 is 0.821 bits per heavy atom. The van der Waals surface area contributed by atoms with Gasteiger partial charge >= 0.3 is 5.97 Å². The third-order valence-corrected chi connectivity index (χ3v) is 6.70. The van der Waals surface area contributed by atoms with Crippen LogP contribution in [-0.4, -0.2) is 33.4 Å². The summed E-state index contributed by atoms with van der Waals surface area (Å²) in [5.41, 5.74) is 5.52. The molecule has 1 heterocycles. The molecular formula is C33H34N2O4. The first-order chi connectivity index (χ1) is 18.6. The first-order valence-electron chi connectivity index (χ1n) is 13.1. The molecule has 0 saturated carbocycles. The van der Waals surface area contributed by atoms with Gasteiger partial charge in [-0.3, -0.25) is 9.59 Å². The summed E-state index contributed by atoms with van der Waals surface area (Å²) in [6.07, 6.45) is 3.81. The molecule has 6 heteroatoms. The van der Waals surface area contributed by atoms with Crippen LogP contribution in [0, 0.1) is 5.92 Å². The van der Waals surface area contributed by atoms with Crippen LogP contribution in [-0.2, 0) is 16.6 Å². The fraction of sp³-hybridized carbons (Fsp3) is 0.273. The average molecular weight is 523 g/mol. The SMILES string of the molecule is CCOc1ccc(C(=O)C[C@@H](Cc2ccc(-c3ncc(-c4ccc(C(C)(C)C)cc4)cn3)cc2)C(=O)O)cc1. The van der Waals surface area contributed by atoms with Crippen LogP contribution < -0.4 is 4.74 Å². The zero-order valence-corrected chi connectivity index (χ0v) is 22.8. The Morgan fingerprint density at radius 3 is 1.95 bits per heavy atom. The van der Waals surface area contributed by atoms with Crippen molar-refractivity contribution < 1.29 is 19.4 Å². The van der Waals surface area contributed by atoms with Crippen LogP contribution in [0.15, 0.2) is 85.2 Å². The molecule has 1 aromatic heterocycles. The molecule has 0 radical (unpaired) electrons. The molecule has 0 aliphatic carbocycles. The van der Waals surface area contributed by atoms with Gasteiger partial charge in [0.2, 0.25) is 0 Å². The molecule has 3 aromatic carbocycles. The largest absolute Gasteiger partial charge is 0.494 e. The van der Waals surface area contributed by atoms with Gasteiger partial charge in [-0.1, -0.05) is 69.3 Å². The van der Waals surface area contributed by atoms with Gasteiger partial charge in [0, 0.05) is 35.5 Å². The standard InChI is InChI=1S/C33H34N2O4/c1-5-39-29-16-12-24(13-17-29)30(36)19-26(32(37)38)18-22-6-8-25(9-7-22)31-34-20-27(21-35-31)23-10-14-28(15-11-23)33(2,3)4/h6-17,20-21,26H,5,18-19H2,1-4H3,(H,37,38)/t26-/m1/s1. The third-order valence-electron chi connectivity index (χ3n) is 6.70. The van der Waals surface area contributed by atoms with Crippen molar-refractivity contribution >= 4 is 11.8 Å². The molecule has 4 rings (SSSR count). The van der Waals surface area contributed by atoms with E-state index in [0.29, 0.717) is 23.7 Å². The summed E-state index contributed by atoms with van der Waals surface area (Å²) in [5, 5.41) is 9.76. The molecule has 1 N–H and O–H groups in total. The topological polar surface area (TPSA) is 89.4 Å². The van der Waals surface area contributed by atoms with Crippen LogP contribution in [0.25, 0.3) is 22.5 Å². The van der Waals surface area contributed by atoms with Gasteiger partial charge < -0.3 is 9.84 Å². The quantitative estimate of drug-likeness (QED) is 0.225. The molecule has 4 aromatic rings. The fourth-order valence-corrected chi connectivity index (χ4v) is 4.36. The molecule has 0 aliphatic rings. The molecule has 39 heavy (non-hydrogen) atoms. The fourth-order valence-electron chi connectivity index (χ4n) is 4.36. The monoisotopic (exact) mass is 522 g/mol. The highest BCUT2D eigenvalue weighted by Gasteiger charge is 2.23.